The van der Waals surface area contributed by atoms with E-state index in [1.807, 2.05) is 25.1 Å². The lowest BCUT2D eigenvalue weighted by Crippen LogP contribution is -2.34. The normalized spacial score (nSPS) is 12.6. The van der Waals surface area contributed by atoms with E-state index in [1.54, 1.807) is 23.1 Å². The van der Waals surface area contributed by atoms with E-state index < -0.39 is 0 Å². The molecular formula is C20H22ClN3O2. The fourth-order valence-corrected chi connectivity index (χ4v) is 3.24. The lowest BCUT2D eigenvalue weighted by atomic mass is 10.2. The number of benzene rings is 2. The van der Waals surface area contributed by atoms with Gasteiger partial charge in [0.2, 0.25) is 11.8 Å². The third kappa shape index (κ3) is 4.17. The van der Waals surface area contributed by atoms with E-state index in [0.29, 0.717) is 29.4 Å². The molecule has 0 saturated heterocycles. The zero-order valence-electron chi connectivity index (χ0n) is 14.7. The van der Waals surface area contributed by atoms with Crippen molar-refractivity contribution >= 4 is 40.5 Å². The first-order valence-corrected chi connectivity index (χ1v) is 9.18. The number of anilines is 3. The van der Waals surface area contributed by atoms with Crippen LogP contribution in [0.25, 0.3) is 0 Å². The highest BCUT2D eigenvalue weighted by atomic mass is 35.5. The molecule has 0 spiro atoms. The molecule has 0 radical (unpaired) electrons. The quantitative estimate of drug-likeness (QED) is 0.804. The van der Waals surface area contributed by atoms with Crippen LogP contribution in [-0.2, 0) is 16.0 Å². The van der Waals surface area contributed by atoms with E-state index in [9.17, 15) is 9.59 Å². The molecule has 0 atom stereocenters. The maximum atomic E-state index is 12.6. The Hall–Kier alpha value is -2.53. The lowest BCUT2D eigenvalue weighted by molar-refractivity contribution is -0.117. The van der Waals surface area contributed by atoms with Crippen molar-refractivity contribution in [3.05, 3.63) is 53.1 Å². The molecule has 6 heteroatoms. The van der Waals surface area contributed by atoms with Gasteiger partial charge in [-0.15, -0.1) is 0 Å². The van der Waals surface area contributed by atoms with Crippen molar-refractivity contribution < 1.29 is 9.59 Å². The van der Waals surface area contributed by atoms with Gasteiger partial charge in [-0.05, 0) is 42.7 Å². The van der Waals surface area contributed by atoms with Crippen LogP contribution in [0.3, 0.4) is 0 Å². The third-order valence-corrected chi connectivity index (χ3v) is 4.68. The molecular weight excluding hydrogens is 350 g/mol. The Kier molecular flexibility index (Phi) is 5.78. The van der Waals surface area contributed by atoms with E-state index in [-0.39, 0.29) is 18.4 Å². The minimum Gasteiger partial charge on any atom is -0.375 e. The Morgan fingerprint density at radius 2 is 2.00 bits per heavy atom. The zero-order valence-corrected chi connectivity index (χ0v) is 15.5. The summed E-state index contributed by atoms with van der Waals surface area (Å²) in [7, 11) is 0. The van der Waals surface area contributed by atoms with E-state index >= 15 is 0 Å². The minimum atomic E-state index is -0.0366. The van der Waals surface area contributed by atoms with E-state index in [0.717, 1.165) is 18.5 Å². The monoisotopic (exact) mass is 371 g/mol. The molecule has 0 bridgehead atoms. The molecule has 1 heterocycles. The van der Waals surface area contributed by atoms with E-state index in [1.165, 1.54) is 5.56 Å². The van der Waals surface area contributed by atoms with E-state index in [2.05, 4.69) is 16.7 Å². The Bertz CT molecular complexity index is 822. The summed E-state index contributed by atoms with van der Waals surface area (Å²) in [5.74, 6) is -0.0445. The second-order valence-corrected chi connectivity index (χ2v) is 6.68. The van der Waals surface area contributed by atoms with Crippen molar-refractivity contribution in [2.24, 2.45) is 0 Å². The molecule has 0 aliphatic carbocycles. The van der Waals surface area contributed by atoms with Gasteiger partial charge in [-0.3, -0.25) is 9.59 Å². The molecule has 0 fully saturated rings. The Morgan fingerprint density at radius 1 is 1.19 bits per heavy atom. The van der Waals surface area contributed by atoms with Crippen LogP contribution in [0.5, 0.6) is 0 Å². The third-order valence-electron chi connectivity index (χ3n) is 4.35. The zero-order chi connectivity index (χ0) is 18.5. The topological polar surface area (TPSA) is 61.4 Å². The highest BCUT2D eigenvalue weighted by Gasteiger charge is 2.23. The summed E-state index contributed by atoms with van der Waals surface area (Å²) in [4.78, 5) is 26.1. The van der Waals surface area contributed by atoms with Gasteiger partial charge in [0.25, 0.3) is 0 Å². The number of carbonyl (C=O) groups is 2. The summed E-state index contributed by atoms with van der Waals surface area (Å²) >= 11 is 6.22. The summed E-state index contributed by atoms with van der Waals surface area (Å²) < 4.78 is 0. The van der Waals surface area contributed by atoms with Crippen molar-refractivity contribution in [2.75, 3.05) is 28.6 Å². The van der Waals surface area contributed by atoms with Crippen LogP contribution in [-0.4, -0.2) is 24.9 Å². The van der Waals surface area contributed by atoms with Crippen LogP contribution in [0.15, 0.2) is 42.5 Å². The van der Waals surface area contributed by atoms with Crippen LogP contribution >= 0.6 is 11.6 Å². The van der Waals surface area contributed by atoms with Gasteiger partial charge in [0, 0.05) is 24.3 Å². The smallest absolute Gasteiger partial charge is 0.246 e. The molecule has 0 aromatic heterocycles. The molecule has 2 aromatic rings. The highest BCUT2D eigenvalue weighted by molar-refractivity contribution is 6.33. The van der Waals surface area contributed by atoms with Gasteiger partial charge < -0.3 is 15.5 Å². The van der Waals surface area contributed by atoms with Crippen molar-refractivity contribution in [3.8, 4) is 0 Å². The number of amides is 2. The minimum absolute atomic E-state index is 0.00793. The number of hydrogen-bond donors (Lipinski definition) is 2. The molecule has 1 aliphatic heterocycles. The second kappa shape index (κ2) is 8.23. The standard InChI is InChI=1S/C20H22ClN3O2/c1-2-5-19(25)23-15-8-9-16(21)17(12-15)22-13-20(26)24-11-10-14-6-3-4-7-18(14)24/h3-4,6-9,12,22H,2,5,10-11,13H2,1H3,(H,23,25). The summed E-state index contributed by atoms with van der Waals surface area (Å²) in [5.41, 5.74) is 3.46. The molecule has 5 nitrogen and oxygen atoms in total. The molecule has 0 unspecified atom stereocenters. The fourth-order valence-electron chi connectivity index (χ4n) is 3.05. The number of rotatable bonds is 6. The summed E-state index contributed by atoms with van der Waals surface area (Å²) in [6.45, 7) is 2.79. The van der Waals surface area contributed by atoms with Crippen molar-refractivity contribution in [3.63, 3.8) is 0 Å². The molecule has 2 aromatic carbocycles. The Balaban J connectivity index is 1.64. The number of nitrogens with one attached hydrogen (secondary N) is 2. The maximum absolute atomic E-state index is 12.6. The van der Waals surface area contributed by atoms with Gasteiger partial charge in [-0.1, -0.05) is 36.7 Å². The van der Waals surface area contributed by atoms with Crippen molar-refractivity contribution in [1.29, 1.82) is 0 Å². The Labute approximate surface area is 158 Å². The van der Waals surface area contributed by atoms with Crippen molar-refractivity contribution in [1.82, 2.24) is 0 Å². The predicted molar refractivity (Wildman–Crippen MR) is 106 cm³/mol. The number of para-hydroxylation sites is 1. The molecule has 1 aliphatic rings. The first-order chi connectivity index (χ1) is 12.6. The SMILES string of the molecule is CCCC(=O)Nc1ccc(Cl)c(NCC(=O)N2CCc3ccccc32)c1. The van der Waals surface area contributed by atoms with Gasteiger partial charge in [-0.25, -0.2) is 0 Å². The number of halogens is 1. The summed E-state index contributed by atoms with van der Waals surface area (Å²) in [5, 5.41) is 6.43. The number of nitrogens with zero attached hydrogens (tertiary/aromatic N) is 1. The van der Waals surface area contributed by atoms with Gasteiger partial charge in [0.05, 0.1) is 17.3 Å². The van der Waals surface area contributed by atoms with Crippen LogP contribution in [0.1, 0.15) is 25.3 Å². The number of hydrogen-bond acceptors (Lipinski definition) is 3. The average Bonchev–Trinajstić information content (AvgIpc) is 3.06. The highest BCUT2D eigenvalue weighted by Crippen LogP contribution is 2.28. The lowest BCUT2D eigenvalue weighted by Gasteiger charge is -2.18. The predicted octanol–water partition coefficient (Wildman–Crippen LogP) is 4.08. The van der Waals surface area contributed by atoms with Gasteiger partial charge in [0.15, 0.2) is 0 Å². The summed E-state index contributed by atoms with van der Waals surface area (Å²) in [6, 6.07) is 13.2. The molecule has 136 valence electrons. The van der Waals surface area contributed by atoms with Gasteiger partial charge >= 0.3 is 0 Å². The van der Waals surface area contributed by atoms with Crippen LogP contribution in [0.4, 0.5) is 17.1 Å². The fraction of sp³-hybridized carbons (Fsp3) is 0.300. The number of fused-ring (bicyclic) bond motifs is 1. The maximum Gasteiger partial charge on any atom is 0.246 e. The largest absolute Gasteiger partial charge is 0.375 e. The van der Waals surface area contributed by atoms with Gasteiger partial charge in [0.1, 0.15) is 0 Å². The van der Waals surface area contributed by atoms with Crippen molar-refractivity contribution in [2.45, 2.75) is 26.2 Å². The second-order valence-electron chi connectivity index (χ2n) is 6.27. The average molecular weight is 372 g/mol. The molecule has 0 saturated carbocycles. The Morgan fingerprint density at radius 3 is 2.81 bits per heavy atom. The first-order valence-electron chi connectivity index (χ1n) is 8.80. The molecule has 3 rings (SSSR count). The molecule has 2 N–H and O–H groups in total. The van der Waals surface area contributed by atoms with Crippen LogP contribution in [0, 0.1) is 0 Å². The van der Waals surface area contributed by atoms with E-state index in [4.69, 9.17) is 11.6 Å². The summed E-state index contributed by atoms with van der Waals surface area (Å²) in [6.07, 6.45) is 2.14. The number of carbonyl (C=O) groups excluding carboxylic acids is 2. The molecule has 26 heavy (non-hydrogen) atoms. The van der Waals surface area contributed by atoms with Crippen LogP contribution < -0.4 is 15.5 Å². The van der Waals surface area contributed by atoms with Gasteiger partial charge in [-0.2, -0.15) is 0 Å². The first kappa shape index (κ1) is 18.3. The molecule has 2 amide bonds. The van der Waals surface area contributed by atoms with Crippen LogP contribution in [0.2, 0.25) is 5.02 Å².